The van der Waals surface area contributed by atoms with E-state index in [1.807, 2.05) is 65.8 Å². The molecule has 0 radical (unpaired) electrons. The Labute approximate surface area is 266 Å². The number of carbonyl (C=O) groups excluding carboxylic acids is 1. The number of imidazole rings is 1. The summed E-state index contributed by atoms with van der Waals surface area (Å²) >= 11 is 25.0. The minimum absolute atomic E-state index is 0.141. The normalized spacial score (nSPS) is 11.0. The standard InChI is InChI=1S/C31H29Cl3N6OS/c1-31(2,38-28(41)14-24-16-36-20-40(24)17-22-12-10-21(15-35)11-13-22)19-39(18-23-6-5-8-26(33)29(23)34)30(42)37-27-9-4-3-7-25(27)32/h3-13,16,20H,14,17-19H2,1-2H3,(H,37,42)(H,38,41). The second-order valence-electron chi connectivity index (χ2n) is 10.4. The van der Waals surface area contributed by atoms with E-state index in [0.717, 1.165) is 16.8 Å². The summed E-state index contributed by atoms with van der Waals surface area (Å²) in [5.74, 6) is -0.160. The number of halogens is 3. The highest BCUT2D eigenvalue weighted by molar-refractivity contribution is 7.80. The van der Waals surface area contributed by atoms with E-state index < -0.39 is 5.54 Å². The Hall–Kier alpha value is -3.61. The Kier molecular flexibility index (Phi) is 10.5. The number of carbonyl (C=O) groups is 1. The summed E-state index contributed by atoms with van der Waals surface area (Å²) in [6.45, 7) is 5.12. The van der Waals surface area contributed by atoms with Gasteiger partial charge < -0.3 is 20.1 Å². The van der Waals surface area contributed by atoms with Gasteiger partial charge in [-0.15, -0.1) is 0 Å². The molecule has 3 aromatic carbocycles. The lowest BCUT2D eigenvalue weighted by atomic mass is 10.0. The number of nitriles is 1. The van der Waals surface area contributed by atoms with E-state index in [0.29, 0.717) is 51.1 Å². The minimum Gasteiger partial charge on any atom is -0.349 e. The van der Waals surface area contributed by atoms with Gasteiger partial charge in [-0.1, -0.05) is 71.2 Å². The number of aromatic nitrogens is 2. The summed E-state index contributed by atoms with van der Waals surface area (Å²) in [7, 11) is 0. The second-order valence-corrected chi connectivity index (χ2v) is 12.0. The van der Waals surface area contributed by atoms with Crippen LogP contribution < -0.4 is 10.6 Å². The van der Waals surface area contributed by atoms with Gasteiger partial charge >= 0.3 is 0 Å². The number of thiocarbonyl (C=S) groups is 1. The molecule has 0 saturated heterocycles. The smallest absolute Gasteiger partial charge is 0.226 e. The highest BCUT2D eigenvalue weighted by Gasteiger charge is 2.27. The van der Waals surface area contributed by atoms with Crippen molar-refractivity contribution in [2.24, 2.45) is 0 Å². The molecule has 4 aromatic rings. The first kappa shape index (κ1) is 31.3. The Balaban J connectivity index is 1.47. The van der Waals surface area contributed by atoms with E-state index in [4.69, 9.17) is 52.3 Å². The molecule has 7 nitrogen and oxygen atoms in total. The van der Waals surface area contributed by atoms with Gasteiger partial charge in [0.2, 0.25) is 5.91 Å². The van der Waals surface area contributed by atoms with Gasteiger partial charge in [0.15, 0.2) is 5.11 Å². The van der Waals surface area contributed by atoms with Crippen LogP contribution in [0.4, 0.5) is 5.69 Å². The Bertz CT molecular complexity index is 1610. The molecule has 1 aromatic heterocycles. The van der Waals surface area contributed by atoms with Crippen LogP contribution in [-0.4, -0.2) is 37.6 Å². The van der Waals surface area contributed by atoms with Crippen LogP contribution in [0.25, 0.3) is 0 Å². The third-order valence-corrected chi connectivity index (χ3v) is 7.98. The van der Waals surface area contributed by atoms with Crippen LogP contribution in [0.2, 0.25) is 15.1 Å². The van der Waals surface area contributed by atoms with E-state index in [2.05, 4.69) is 21.7 Å². The van der Waals surface area contributed by atoms with Crippen molar-refractivity contribution in [3.8, 4) is 6.07 Å². The van der Waals surface area contributed by atoms with Crippen LogP contribution in [0.3, 0.4) is 0 Å². The van der Waals surface area contributed by atoms with Crippen LogP contribution in [0.1, 0.15) is 36.2 Å². The van der Waals surface area contributed by atoms with Crippen LogP contribution in [0.15, 0.2) is 79.3 Å². The summed E-state index contributed by atoms with van der Waals surface area (Å²) in [6.07, 6.45) is 3.52. The lowest BCUT2D eigenvalue weighted by Gasteiger charge is -2.35. The van der Waals surface area contributed by atoms with Crippen molar-refractivity contribution in [1.29, 1.82) is 5.26 Å². The van der Waals surface area contributed by atoms with Crippen molar-refractivity contribution in [3.05, 3.63) is 117 Å². The van der Waals surface area contributed by atoms with Crippen LogP contribution in [0, 0.1) is 11.3 Å². The Morgan fingerprint density at radius 3 is 2.48 bits per heavy atom. The van der Waals surface area contributed by atoms with Crippen molar-refractivity contribution in [1.82, 2.24) is 19.8 Å². The minimum atomic E-state index is -0.688. The lowest BCUT2D eigenvalue weighted by molar-refractivity contribution is -0.122. The number of benzene rings is 3. The average Bonchev–Trinajstić information content (AvgIpc) is 3.37. The van der Waals surface area contributed by atoms with E-state index in [1.165, 1.54) is 0 Å². The first-order valence-corrected chi connectivity index (χ1v) is 14.6. The fourth-order valence-corrected chi connectivity index (χ4v) is 5.26. The molecule has 1 amide bonds. The van der Waals surface area contributed by atoms with Gasteiger partial charge in [0.1, 0.15) is 0 Å². The summed E-state index contributed by atoms with van der Waals surface area (Å²) in [4.78, 5) is 19.4. The third kappa shape index (κ3) is 8.46. The molecule has 0 atom stereocenters. The third-order valence-electron chi connectivity index (χ3n) is 6.44. The summed E-state index contributed by atoms with van der Waals surface area (Å²) in [6, 6.07) is 22.2. The molecule has 2 N–H and O–H groups in total. The molecule has 0 bridgehead atoms. The van der Waals surface area contributed by atoms with Crippen molar-refractivity contribution in [3.63, 3.8) is 0 Å². The molecule has 42 heavy (non-hydrogen) atoms. The Morgan fingerprint density at radius 2 is 1.76 bits per heavy atom. The van der Waals surface area contributed by atoms with Gasteiger partial charge in [-0.2, -0.15) is 5.26 Å². The van der Waals surface area contributed by atoms with Gasteiger partial charge in [0.05, 0.1) is 50.7 Å². The van der Waals surface area contributed by atoms with Crippen molar-refractivity contribution < 1.29 is 4.79 Å². The molecule has 0 aliphatic heterocycles. The first-order valence-electron chi connectivity index (χ1n) is 13.1. The number of rotatable bonds is 10. The fourth-order valence-electron chi connectivity index (χ4n) is 4.45. The average molecular weight is 640 g/mol. The summed E-state index contributed by atoms with van der Waals surface area (Å²) in [5.41, 5.74) is 3.14. The molecule has 4 rings (SSSR count). The maximum atomic E-state index is 13.2. The molecule has 216 valence electrons. The summed E-state index contributed by atoms with van der Waals surface area (Å²) < 4.78 is 1.92. The number of anilines is 1. The first-order chi connectivity index (χ1) is 20.0. The van der Waals surface area contributed by atoms with Crippen LogP contribution in [-0.2, 0) is 24.3 Å². The molecule has 11 heteroatoms. The zero-order valence-electron chi connectivity index (χ0n) is 23.1. The number of para-hydroxylation sites is 1. The van der Waals surface area contributed by atoms with E-state index in [1.54, 1.807) is 36.8 Å². The number of nitrogens with one attached hydrogen (secondary N) is 2. The maximum absolute atomic E-state index is 13.2. The number of amides is 1. The fraction of sp³-hybridized carbons (Fsp3) is 0.226. The van der Waals surface area contributed by atoms with E-state index in [9.17, 15) is 4.79 Å². The van der Waals surface area contributed by atoms with Crippen LogP contribution in [0.5, 0.6) is 0 Å². The number of hydrogen-bond acceptors (Lipinski definition) is 4. The van der Waals surface area contributed by atoms with E-state index >= 15 is 0 Å². The zero-order chi connectivity index (χ0) is 30.3. The van der Waals surface area contributed by atoms with Gasteiger partial charge in [-0.05, 0) is 67.5 Å². The van der Waals surface area contributed by atoms with Gasteiger partial charge in [0, 0.05) is 31.5 Å². The van der Waals surface area contributed by atoms with E-state index in [-0.39, 0.29) is 12.3 Å². The highest BCUT2D eigenvalue weighted by atomic mass is 35.5. The van der Waals surface area contributed by atoms with Crippen LogP contribution >= 0.6 is 47.0 Å². The molecule has 0 saturated carbocycles. The molecule has 0 aliphatic carbocycles. The quantitative estimate of drug-likeness (QED) is 0.180. The van der Waals surface area contributed by atoms with Crippen molar-refractivity contribution in [2.45, 2.75) is 38.9 Å². The van der Waals surface area contributed by atoms with Crippen molar-refractivity contribution in [2.75, 3.05) is 11.9 Å². The summed E-state index contributed by atoms with van der Waals surface area (Å²) in [5, 5.41) is 17.3. The maximum Gasteiger partial charge on any atom is 0.226 e. The molecular formula is C31H29Cl3N6OS. The molecule has 1 heterocycles. The predicted molar refractivity (Wildman–Crippen MR) is 173 cm³/mol. The number of nitrogens with zero attached hydrogens (tertiary/aromatic N) is 4. The van der Waals surface area contributed by atoms with Gasteiger partial charge in [-0.25, -0.2) is 4.98 Å². The molecule has 0 fully saturated rings. The number of hydrogen-bond donors (Lipinski definition) is 2. The van der Waals surface area contributed by atoms with Gasteiger partial charge in [0.25, 0.3) is 0 Å². The monoisotopic (exact) mass is 638 g/mol. The lowest BCUT2D eigenvalue weighted by Crippen LogP contribution is -2.53. The topological polar surface area (TPSA) is 86.0 Å². The van der Waals surface area contributed by atoms with Crippen molar-refractivity contribution >= 4 is 63.7 Å². The zero-order valence-corrected chi connectivity index (χ0v) is 26.2. The SMILES string of the molecule is CC(C)(CN(Cc1cccc(Cl)c1Cl)C(=S)Nc1ccccc1Cl)NC(=O)Cc1cncn1Cc1ccc(C#N)cc1. The second kappa shape index (κ2) is 14.0. The molecular weight excluding hydrogens is 611 g/mol. The largest absolute Gasteiger partial charge is 0.349 e. The van der Waals surface area contributed by atoms with Gasteiger partial charge in [-0.3, -0.25) is 4.79 Å². The predicted octanol–water partition coefficient (Wildman–Crippen LogP) is 7.10. The molecule has 0 spiro atoms. The molecule has 0 aliphatic rings. The highest BCUT2D eigenvalue weighted by Crippen LogP contribution is 2.28. The Morgan fingerprint density at radius 1 is 1.05 bits per heavy atom. The molecule has 0 unspecified atom stereocenters.